The lowest BCUT2D eigenvalue weighted by Crippen LogP contribution is -2.18. The summed E-state index contributed by atoms with van der Waals surface area (Å²) in [6.45, 7) is 2.35. The summed E-state index contributed by atoms with van der Waals surface area (Å²) in [5, 5.41) is 9.67. The molecule has 0 fully saturated rings. The number of aryl methyl sites for hydroxylation is 1. The smallest absolute Gasteiger partial charge is 0.250 e. The summed E-state index contributed by atoms with van der Waals surface area (Å²) in [5.41, 5.74) is 1.76. The van der Waals surface area contributed by atoms with Crippen molar-refractivity contribution in [2.24, 2.45) is 0 Å². The lowest BCUT2D eigenvalue weighted by atomic mass is 10.1. The van der Waals surface area contributed by atoms with Crippen LogP contribution in [0.5, 0.6) is 5.75 Å². The van der Waals surface area contributed by atoms with Crippen molar-refractivity contribution in [1.29, 1.82) is 0 Å². The molecule has 0 amide bonds. The highest BCUT2D eigenvalue weighted by atomic mass is 16.3. The van der Waals surface area contributed by atoms with Crippen LogP contribution in [0.15, 0.2) is 47.4 Å². The molecule has 0 radical (unpaired) electrons. The molecule has 0 aliphatic rings. The molecule has 0 unspecified atom stereocenters. The molecule has 16 heavy (non-hydrogen) atoms. The number of phenols is 1. The Hall–Kier alpha value is -2.03. The van der Waals surface area contributed by atoms with E-state index in [1.54, 1.807) is 29.0 Å². The molecule has 82 valence electrons. The number of benzene rings is 1. The minimum atomic E-state index is -0.0663. The van der Waals surface area contributed by atoms with Gasteiger partial charge in [0.15, 0.2) is 0 Å². The van der Waals surface area contributed by atoms with Crippen LogP contribution in [0.1, 0.15) is 11.1 Å². The third kappa shape index (κ3) is 2.14. The van der Waals surface area contributed by atoms with Crippen LogP contribution in [-0.2, 0) is 6.54 Å². The van der Waals surface area contributed by atoms with Gasteiger partial charge in [-0.05, 0) is 19.1 Å². The summed E-state index contributed by atoms with van der Waals surface area (Å²) in [4.78, 5) is 11.5. The fourth-order valence-corrected chi connectivity index (χ4v) is 1.62. The van der Waals surface area contributed by atoms with Gasteiger partial charge in [-0.25, -0.2) is 0 Å². The van der Waals surface area contributed by atoms with Crippen LogP contribution in [0.25, 0.3) is 0 Å². The number of phenolic OH excluding ortho intramolecular Hbond substituents is 1. The standard InChI is InChI=1S/C13H13NO2/c1-10-5-6-12(15)11(8-10)9-14-7-3-2-4-13(14)16/h2-8,15H,9H2,1H3. The Balaban J connectivity index is 2.38. The second-order valence-corrected chi connectivity index (χ2v) is 3.80. The second-order valence-electron chi connectivity index (χ2n) is 3.80. The molecular formula is C13H13NO2. The van der Waals surface area contributed by atoms with Crippen molar-refractivity contribution >= 4 is 0 Å². The minimum absolute atomic E-state index is 0.0663. The quantitative estimate of drug-likeness (QED) is 0.831. The lowest BCUT2D eigenvalue weighted by molar-refractivity contribution is 0.465. The third-order valence-corrected chi connectivity index (χ3v) is 2.47. The summed E-state index contributed by atoms with van der Waals surface area (Å²) in [6, 6.07) is 10.4. The van der Waals surface area contributed by atoms with Crippen molar-refractivity contribution in [3.05, 3.63) is 64.1 Å². The van der Waals surface area contributed by atoms with Gasteiger partial charge in [0, 0.05) is 17.8 Å². The molecule has 1 aromatic heterocycles. The van der Waals surface area contributed by atoms with E-state index in [9.17, 15) is 9.90 Å². The number of hydrogen-bond donors (Lipinski definition) is 1. The number of pyridine rings is 1. The predicted molar refractivity (Wildman–Crippen MR) is 62.6 cm³/mol. The summed E-state index contributed by atoms with van der Waals surface area (Å²) in [6.07, 6.45) is 1.71. The number of aromatic hydroxyl groups is 1. The zero-order chi connectivity index (χ0) is 11.5. The Kier molecular flexibility index (Phi) is 2.77. The van der Waals surface area contributed by atoms with E-state index in [1.165, 1.54) is 6.07 Å². The molecule has 0 aliphatic heterocycles. The predicted octanol–water partition coefficient (Wildman–Crippen LogP) is 1.91. The number of nitrogens with zero attached hydrogens (tertiary/aromatic N) is 1. The van der Waals surface area contributed by atoms with Crippen molar-refractivity contribution in [2.75, 3.05) is 0 Å². The molecule has 0 spiro atoms. The molecule has 3 nitrogen and oxygen atoms in total. The molecule has 1 heterocycles. The van der Waals surface area contributed by atoms with Gasteiger partial charge >= 0.3 is 0 Å². The monoisotopic (exact) mass is 215 g/mol. The molecule has 1 aromatic carbocycles. The summed E-state index contributed by atoms with van der Waals surface area (Å²) in [7, 11) is 0. The summed E-state index contributed by atoms with van der Waals surface area (Å²) in [5.74, 6) is 0.223. The van der Waals surface area contributed by atoms with Crippen molar-refractivity contribution in [2.45, 2.75) is 13.5 Å². The fourth-order valence-electron chi connectivity index (χ4n) is 1.62. The fraction of sp³-hybridized carbons (Fsp3) is 0.154. The molecular weight excluding hydrogens is 202 g/mol. The average Bonchev–Trinajstić information content (AvgIpc) is 2.27. The van der Waals surface area contributed by atoms with Gasteiger partial charge in [0.2, 0.25) is 0 Å². The number of rotatable bonds is 2. The molecule has 0 aliphatic carbocycles. The average molecular weight is 215 g/mol. The van der Waals surface area contributed by atoms with E-state index in [1.807, 2.05) is 19.1 Å². The zero-order valence-corrected chi connectivity index (χ0v) is 9.05. The molecule has 2 rings (SSSR count). The van der Waals surface area contributed by atoms with Crippen molar-refractivity contribution in [3.63, 3.8) is 0 Å². The number of hydrogen-bond acceptors (Lipinski definition) is 2. The zero-order valence-electron chi connectivity index (χ0n) is 9.05. The van der Waals surface area contributed by atoms with Gasteiger partial charge in [-0.2, -0.15) is 0 Å². The maximum atomic E-state index is 11.5. The Morgan fingerprint density at radius 1 is 1.25 bits per heavy atom. The first-order chi connectivity index (χ1) is 7.66. The molecule has 1 N–H and O–H groups in total. The van der Waals surface area contributed by atoms with Crippen LogP contribution >= 0.6 is 0 Å². The Morgan fingerprint density at radius 3 is 2.81 bits per heavy atom. The van der Waals surface area contributed by atoms with Gasteiger partial charge in [0.05, 0.1) is 6.54 Å². The molecule has 0 atom stereocenters. The van der Waals surface area contributed by atoms with Crippen LogP contribution < -0.4 is 5.56 Å². The first kappa shape index (κ1) is 10.5. The van der Waals surface area contributed by atoms with Gasteiger partial charge < -0.3 is 9.67 Å². The van der Waals surface area contributed by atoms with E-state index in [4.69, 9.17) is 0 Å². The molecule has 0 saturated carbocycles. The van der Waals surface area contributed by atoms with E-state index in [2.05, 4.69) is 0 Å². The van der Waals surface area contributed by atoms with E-state index >= 15 is 0 Å². The summed E-state index contributed by atoms with van der Waals surface area (Å²) < 4.78 is 1.56. The van der Waals surface area contributed by atoms with Gasteiger partial charge in [0.1, 0.15) is 5.75 Å². The first-order valence-corrected chi connectivity index (χ1v) is 5.11. The topological polar surface area (TPSA) is 42.2 Å². The van der Waals surface area contributed by atoms with Crippen LogP contribution in [0.2, 0.25) is 0 Å². The van der Waals surface area contributed by atoms with Crippen LogP contribution in [0, 0.1) is 6.92 Å². The van der Waals surface area contributed by atoms with Gasteiger partial charge in [-0.15, -0.1) is 0 Å². The molecule has 0 saturated heterocycles. The van der Waals surface area contributed by atoms with Crippen molar-refractivity contribution < 1.29 is 5.11 Å². The van der Waals surface area contributed by atoms with Gasteiger partial charge in [0.25, 0.3) is 5.56 Å². The van der Waals surface area contributed by atoms with E-state index < -0.39 is 0 Å². The van der Waals surface area contributed by atoms with E-state index in [0.29, 0.717) is 6.54 Å². The second kappa shape index (κ2) is 4.23. The lowest BCUT2D eigenvalue weighted by Gasteiger charge is -2.08. The van der Waals surface area contributed by atoms with E-state index in [-0.39, 0.29) is 11.3 Å². The SMILES string of the molecule is Cc1ccc(O)c(Cn2ccccc2=O)c1. The first-order valence-electron chi connectivity index (χ1n) is 5.11. The highest BCUT2D eigenvalue weighted by Gasteiger charge is 2.02. The molecule has 2 aromatic rings. The van der Waals surface area contributed by atoms with Crippen LogP contribution in [0.3, 0.4) is 0 Å². The van der Waals surface area contributed by atoms with Gasteiger partial charge in [-0.3, -0.25) is 4.79 Å². The van der Waals surface area contributed by atoms with Crippen LogP contribution in [-0.4, -0.2) is 9.67 Å². The Morgan fingerprint density at radius 2 is 2.06 bits per heavy atom. The molecule has 3 heteroatoms. The highest BCUT2D eigenvalue weighted by Crippen LogP contribution is 2.18. The van der Waals surface area contributed by atoms with Crippen molar-refractivity contribution in [3.8, 4) is 5.75 Å². The maximum Gasteiger partial charge on any atom is 0.250 e. The normalized spacial score (nSPS) is 10.3. The summed E-state index contributed by atoms with van der Waals surface area (Å²) >= 11 is 0. The largest absolute Gasteiger partial charge is 0.508 e. The van der Waals surface area contributed by atoms with Gasteiger partial charge in [-0.1, -0.05) is 23.8 Å². The van der Waals surface area contributed by atoms with Crippen LogP contribution in [0.4, 0.5) is 0 Å². The maximum absolute atomic E-state index is 11.5. The van der Waals surface area contributed by atoms with Crippen molar-refractivity contribution in [1.82, 2.24) is 4.57 Å². The highest BCUT2D eigenvalue weighted by molar-refractivity contribution is 5.35. The Labute approximate surface area is 93.6 Å². The Bertz CT molecular complexity index is 558. The molecule has 0 bridgehead atoms. The third-order valence-electron chi connectivity index (χ3n) is 2.47. The van der Waals surface area contributed by atoms with E-state index in [0.717, 1.165) is 11.1 Å². The number of aromatic nitrogens is 1. The minimum Gasteiger partial charge on any atom is -0.508 e.